The molecule has 98 valence electrons. The minimum atomic E-state index is -1.20. The molecule has 2 heterocycles. The highest BCUT2D eigenvalue weighted by molar-refractivity contribution is 6.04. The van der Waals surface area contributed by atoms with Gasteiger partial charge in [-0.15, -0.1) is 0 Å². The highest BCUT2D eigenvalue weighted by atomic mass is 16.2. The molecule has 0 saturated carbocycles. The van der Waals surface area contributed by atoms with E-state index >= 15 is 0 Å². The number of amides is 3. The van der Waals surface area contributed by atoms with Gasteiger partial charge in [0, 0.05) is 21.1 Å². The van der Waals surface area contributed by atoms with Crippen LogP contribution in [0.2, 0.25) is 0 Å². The standard InChI is InChI=1S/C10H15N5O3/c1-13-6-11-7-10(13,12-4-5-16)8(17)15(3)9(18)14(7)2/h5-7,12H,4H2,1-3H3. The van der Waals surface area contributed by atoms with Crippen LogP contribution < -0.4 is 5.32 Å². The SMILES string of the molecule is CN1C(=O)N(C)C2N=CN(C)C2(NCC=O)C1=O. The number of urea groups is 1. The Balaban J connectivity index is 2.45. The second-order valence-electron chi connectivity index (χ2n) is 4.32. The van der Waals surface area contributed by atoms with Crippen LogP contribution in [0.3, 0.4) is 0 Å². The molecule has 2 unspecified atom stereocenters. The highest BCUT2D eigenvalue weighted by Gasteiger charge is 2.60. The summed E-state index contributed by atoms with van der Waals surface area (Å²) in [6, 6.07) is -0.416. The van der Waals surface area contributed by atoms with Gasteiger partial charge in [0.05, 0.1) is 12.9 Å². The summed E-state index contributed by atoms with van der Waals surface area (Å²) in [6.07, 6.45) is 1.49. The van der Waals surface area contributed by atoms with Crippen molar-refractivity contribution >= 4 is 24.6 Å². The van der Waals surface area contributed by atoms with E-state index in [1.54, 1.807) is 19.0 Å². The van der Waals surface area contributed by atoms with Crippen LogP contribution in [-0.2, 0) is 9.59 Å². The molecule has 2 rings (SSSR count). The first-order valence-corrected chi connectivity index (χ1v) is 5.46. The van der Waals surface area contributed by atoms with E-state index in [9.17, 15) is 14.4 Å². The van der Waals surface area contributed by atoms with Gasteiger partial charge in [0.25, 0.3) is 5.91 Å². The normalized spacial score (nSPS) is 31.1. The fraction of sp³-hybridized carbons (Fsp3) is 0.600. The molecule has 18 heavy (non-hydrogen) atoms. The van der Waals surface area contributed by atoms with E-state index in [1.165, 1.54) is 18.3 Å². The van der Waals surface area contributed by atoms with Crippen LogP contribution in [0, 0.1) is 0 Å². The van der Waals surface area contributed by atoms with Crippen LogP contribution in [0.1, 0.15) is 0 Å². The summed E-state index contributed by atoms with van der Waals surface area (Å²) in [5.74, 6) is -0.419. The number of aldehydes is 1. The highest BCUT2D eigenvalue weighted by Crippen LogP contribution is 2.31. The Morgan fingerprint density at radius 3 is 2.72 bits per heavy atom. The topological polar surface area (TPSA) is 85.3 Å². The number of carbonyl (C=O) groups is 3. The molecule has 0 bridgehead atoms. The summed E-state index contributed by atoms with van der Waals surface area (Å²) in [6.45, 7) is 0.00576. The number of nitrogens with one attached hydrogen (secondary N) is 1. The number of fused-ring (bicyclic) bond motifs is 1. The second-order valence-corrected chi connectivity index (χ2v) is 4.32. The molecule has 1 saturated heterocycles. The smallest absolute Gasteiger partial charge is 0.328 e. The largest absolute Gasteiger partial charge is 0.336 e. The van der Waals surface area contributed by atoms with Crippen LogP contribution in [0.25, 0.3) is 0 Å². The summed E-state index contributed by atoms with van der Waals surface area (Å²) in [5.41, 5.74) is -1.20. The maximum Gasteiger partial charge on any atom is 0.328 e. The van der Waals surface area contributed by atoms with Crippen molar-refractivity contribution in [1.82, 2.24) is 20.0 Å². The third-order valence-electron chi connectivity index (χ3n) is 3.35. The molecule has 8 nitrogen and oxygen atoms in total. The Morgan fingerprint density at radius 1 is 1.44 bits per heavy atom. The lowest BCUT2D eigenvalue weighted by atomic mass is 10.0. The predicted molar refractivity (Wildman–Crippen MR) is 62.8 cm³/mol. The van der Waals surface area contributed by atoms with Crippen molar-refractivity contribution in [2.45, 2.75) is 11.8 Å². The van der Waals surface area contributed by atoms with Crippen molar-refractivity contribution in [3.63, 3.8) is 0 Å². The van der Waals surface area contributed by atoms with Gasteiger partial charge in [-0.3, -0.25) is 15.0 Å². The summed E-state index contributed by atoms with van der Waals surface area (Å²) >= 11 is 0. The number of hydrogen-bond donors (Lipinski definition) is 1. The van der Waals surface area contributed by atoms with Crippen LogP contribution in [0.5, 0.6) is 0 Å². The van der Waals surface area contributed by atoms with Gasteiger partial charge in [0.1, 0.15) is 6.29 Å². The Morgan fingerprint density at radius 2 is 2.11 bits per heavy atom. The summed E-state index contributed by atoms with van der Waals surface area (Å²) in [7, 11) is 4.66. The summed E-state index contributed by atoms with van der Waals surface area (Å²) < 4.78 is 0. The van der Waals surface area contributed by atoms with Crippen molar-refractivity contribution in [3.8, 4) is 0 Å². The van der Waals surface area contributed by atoms with Crippen molar-refractivity contribution < 1.29 is 14.4 Å². The monoisotopic (exact) mass is 253 g/mol. The number of nitrogens with zero attached hydrogens (tertiary/aromatic N) is 4. The molecule has 2 aliphatic heterocycles. The van der Waals surface area contributed by atoms with Crippen molar-refractivity contribution in [1.29, 1.82) is 0 Å². The molecule has 0 spiro atoms. The predicted octanol–water partition coefficient (Wildman–Crippen LogP) is -1.71. The Labute approximate surface area is 104 Å². The molecule has 0 radical (unpaired) electrons. The third-order valence-corrected chi connectivity index (χ3v) is 3.35. The van der Waals surface area contributed by atoms with Gasteiger partial charge < -0.3 is 14.6 Å². The van der Waals surface area contributed by atoms with Gasteiger partial charge in [0.15, 0.2) is 6.17 Å². The summed E-state index contributed by atoms with van der Waals surface area (Å²) in [4.78, 5) is 42.9. The fourth-order valence-corrected chi connectivity index (χ4v) is 2.36. The molecular weight excluding hydrogens is 238 g/mol. The Hall–Kier alpha value is -1.96. The molecule has 1 N–H and O–H groups in total. The molecule has 0 aromatic rings. The maximum absolute atomic E-state index is 12.4. The van der Waals surface area contributed by atoms with E-state index in [-0.39, 0.29) is 6.54 Å². The van der Waals surface area contributed by atoms with E-state index in [2.05, 4.69) is 10.3 Å². The van der Waals surface area contributed by atoms with Gasteiger partial charge in [-0.1, -0.05) is 0 Å². The average Bonchev–Trinajstić information content (AvgIpc) is 2.70. The molecule has 0 aromatic heterocycles. The van der Waals surface area contributed by atoms with Crippen molar-refractivity contribution in [3.05, 3.63) is 0 Å². The van der Waals surface area contributed by atoms with Gasteiger partial charge in [0.2, 0.25) is 5.66 Å². The third kappa shape index (κ3) is 1.35. The number of carbonyl (C=O) groups excluding carboxylic acids is 3. The van der Waals surface area contributed by atoms with Crippen LogP contribution in [0.4, 0.5) is 4.79 Å². The van der Waals surface area contributed by atoms with Crippen LogP contribution >= 0.6 is 0 Å². The van der Waals surface area contributed by atoms with Gasteiger partial charge >= 0.3 is 6.03 Å². The lowest BCUT2D eigenvalue weighted by molar-refractivity contribution is -0.147. The number of imide groups is 1. The first-order chi connectivity index (χ1) is 8.46. The minimum Gasteiger partial charge on any atom is -0.336 e. The van der Waals surface area contributed by atoms with E-state index in [4.69, 9.17) is 0 Å². The molecule has 0 aliphatic carbocycles. The maximum atomic E-state index is 12.4. The second kappa shape index (κ2) is 4.05. The summed E-state index contributed by atoms with van der Waals surface area (Å²) in [5, 5.41) is 2.88. The lowest BCUT2D eigenvalue weighted by Gasteiger charge is -2.47. The van der Waals surface area contributed by atoms with Gasteiger partial charge in [-0.05, 0) is 0 Å². The number of aliphatic imine (C=N–C) groups is 1. The molecule has 2 aliphatic rings. The zero-order chi connectivity index (χ0) is 13.5. The quantitative estimate of drug-likeness (QED) is 0.606. The van der Waals surface area contributed by atoms with Crippen molar-refractivity contribution in [2.75, 3.05) is 27.7 Å². The molecule has 8 heteroatoms. The number of likely N-dealkylation sites (N-methyl/N-ethyl adjacent to an activating group) is 3. The molecule has 0 aromatic carbocycles. The fourth-order valence-electron chi connectivity index (χ4n) is 2.36. The zero-order valence-electron chi connectivity index (χ0n) is 10.5. The number of rotatable bonds is 3. The molecular formula is C10H15N5O3. The molecule has 3 amide bonds. The zero-order valence-corrected chi connectivity index (χ0v) is 10.5. The average molecular weight is 253 g/mol. The van der Waals surface area contributed by atoms with Crippen LogP contribution in [0.15, 0.2) is 4.99 Å². The van der Waals surface area contributed by atoms with E-state index in [1.807, 2.05) is 0 Å². The van der Waals surface area contributed by atoms with E-state index in [0.29, 0.717) is 6.29 Å². The first kappa shape index (κ1) is 12.5. The number of hydrogen-bond acceptors (Lipinski definition) is 6. The first-order valence-electron chi connectivity index (χ1n) is 5.46. The molecule has 2 atom stereocenters. The van der Waals surface area contributed by atoms with E-state index < -0.39 is 23.8 Å². The minimum absolute atomic E-state index is 0.00576. The van der Waals surface area contributed by atoms with Gasteiger partial charge in [-0.25, -0.2) is 9.79 Å². The molecule has 1 fully saturated rings. The van der Waals surface area contributed by atoms with Crippen LogP contribution in [-0.4, -0.2) is 78.8 Å². The van der Waals surface area contributed by atoms with Gasteiger partial charge in [-0.2, -0.15) is 0 Å². The van der Waals surface area contributed by atoms with E-state index in [0.717, 1.165) is 4.90 Å². The Kier molecular flexibility index (Phi) is 2.81. The van der Waals surface area contributed by atoms with Crippen molar-refractivity contribution in [2.24, 2.45) is 4.99 Å². The Bertz CT molecular complexity index is 437. The lowest BCUT2D eigenvalue weighted by Crippen LogP contribution is -2.77.